The van der Waals surface area contributed by atoms with Crippen molar-refractivity contribution in [2.75, 3.05) is 25.6 Å². The van der Waals surface area contributed by atoms with Gasteiger partial charge in [0.15, 0.2) is 0 Å². The van der Waals surface area contributed by atoms with Crippen LogP contribution in [0.5, 0.6) is 0 Å². The molecule has 0 aliphatic heterocycles. The summed E-state index contributed by atoms with van der Waals surface area (Å²) in [5.74, 6) is 1.33. The van der Waals surface area contributed by atoms with Gasteiger partial charge in [-0.3, -0.25) is 0 Å². The van der Waals surface area contributed by atoms with E-state index in [1.165, 1.54) is 15.6 Å². The third-order valence-corrected chi connectivity index (χ3v) is 6.87. The molecule has 0 fully saturated rings. The zero-order valence-corrected chi connectivity index (χ0v) is 14.0. The van der Waals surface area contributed by atoms with Gasteiger partial charge in [0.05, 0.1) is 10.8 Å². The van der Waals surface area contributed by atoms with Crippen molar-refractivity contribution in [3.05, 3.63) is 15.8 Å². The third kappa shape index (κ3) is 3.87. The van der Waals surface area contributed by atoms with E-state index in [1.54, 1.807) is 24.9 Å². The zero-order valence-electron chi connectivity index (χ0n) is 10.8. The van der Waals surface area contributed by atoms with Crippen molar-refractivity contribution in [3.8, 4) is 0 Å². The smallest absolute Gasteiger partial charge is 0.207 e. The minimum Gasteiger partial charge on any atom is -0.207 e. The molecule has 0 spiro atoms. The van der Waals surface area contributed by atoms with Crippen LogP contribution in [0.1, 0.15) is 16.2 Å². The lowest BCUT2D eigenvalue weighted by Gasteiger charge is -2.16. The highest BCUT2D eigenvalue weighted by molar-refractivity contribution is 7.98. The third-order valence-electron chi connectivity index (χ3n) is 2.56. The number of hydrogen-bond donors (Lipinski definition) is 0. The number of thiophene rings is 1. The molecule has 0 aromatic carbocycles. The van der Waals surface area contributed by atoms with Crippen molar-refractivity contribution in [1.82, 2.24) is 4.31 Å². The second kappa shape index (κ2) is 7.14. The maximum absolute atomic E-state index is 12.4. The van der Waals surface area contributed by atoms with Crippen LogP contribution >= 0.6 is 34.7 Å². The Morgan fingerprint density at radius 1 is 1.50 bits per heavy atom. The zero-order chi connectivity index (χ0) is 13.8. The molecule has 0 radical (unpaired) electrons. The van der Waals surface area contributed by atoms with Crippen molar-refractivity contribution in [2.45, 2.75) is 24.1 Å². The van der Waals surface area contributed by atoms with Gasteiger partial charge in [-0.05, 0) is 31.4 Å². The molecule has 0 N–H and O–H groups in total. The lowest BCUT2D eigenvalue weighted by Crippen LogP contribution is -2.28. The molecule has 7 heteroatoms. The van der Waals surface area contributed by atoms with Crippen molar-refractivity contribution in [2.24, 2.45) is 0 Å². The Balaban J connectivity index is 2.87. The van der Waals surface area contributed by atoms with Gasteiger partial charge in [-0.1, -0.05) is 0 Å². The number of rotatable bonds is 7. The summed E-state index contributed by atoms with van der Waals surface area (Å²) in [6.45, 7) is 2.37. The molecule has 0 saturated heterocycles. The number of halogens is 1. The highest BCUT2D eigenvalue weighted by Gasteiger charge is 2.24. The molecule has 0 saturated carbocycles. The second-order valence-corrected chi connectivity index (χ2v) is 8.55. The van der Waals surface area contributed by atoms with Gasteiger partial charge in [0.1, 0.15) is 0 Å². The van der Waals surface area contributed by atoms with Crippen LogP contribution in [-0.2, 0) is 15.9 Å². The van der Waals surface area contributed by atoms with Crippen LogP contribution in [0.25, 0.3) is 0 Å². The van der Waals surface area contributed by atoms with Crippen LogP contribution in [-0.4, -0.2) is 38.3 Å². The van der Waals surface area contributed by atoms with Gasteiger partial charge in [-0.2, -0.15) is 11.8 Å². The van der Waals surface area contributed by atoms with Gasteiger partial charge in [-0.15, -0.1) is 22.9 Å². The van der Waals surface area contributed by atoms with Crippen molar-refractivity contribution >= 4 is 44.7 Å². The largest absolute Gasteiger partial charge is 0.243 e. The molecule has 0 aliphatic rings. The van der Waals surface area contributed by atoms with Gasteiger partial charge in [0, 0.05) is 23.3 Å². The van der Waals surface area contributed by atoms with E-state index >= 15 is 0 Å². The first-order chi connectivity index (χ1) is 8.43. The van der Waals surface area contributed by atoms with E-state index in [0.717, 1.165) is 21.9 Å². The van der Waals surface area contributed by atoms with Gasteiger partial charge >= 0.3 is 0 Å². The molecular formula is C11H18ClNO2S3. The molecule has 0 bridgehead atoms. The number of nitrogens with zero attached hydrogens (tertiary/aromatic N) is 1. The highest BCUT2D eigenvalue weighted by Crippen LogP contribution is 2.28. The van der Waals surface area contributed by atoms with Crippen LogP contribution < -0.4 is 0 Å². The van der Waals surface area contributed by atoms with Crippen LogP contribution in [0.15, 0.2) is 11.0 Å². The maximum atomic E-state index is 12.4. The van der Waals surface area contributed by atoms with Gasteiger partial charge in [0.25, 0.3) is 0 Å². The Morgan fingerprint density at radius 2 is 2.17 bits per heavy atom. The van der Waals surface area contributed by atoms with E-state index in [4.69, 9.17) is 11.6 Å². The molecule has 18 heavy (non-hydrogen) atoms. The molecule has 1 heterocycles. The predicted molar refractivity (Wildman–Crippen MR) is 81.4 cm³/mol. The normalized spacial score (nSPS) is 12.3. The summed E-state index contributed by atoms with van der Waals surface area (Å²) in [5.41, 5.74) is 0. The monoisotopic (exact) mass is 327 g/mol. The van der Waals surface area contributed by atoms with Gasteiger partial charge < -0.3 is 0 Å². The summed E-state index contributed by atoms with van der Waals surface area (Å²) < 4.78 is 26.1. The number of alkyl halides is 1. The molecule has 0 amide bonds. The summed E-state index contributed by atoms with van der Waals surface area (Å²) in [7, 11) is -1.73. The average molecular weight is 328 g/mol. The minimum atomic E-state index is -3.36. The molecule has 0 atom stereocenters. The maximum Gasteiger partial charge on any atom is 0.243 e. The molecular weight excluding hydrogens is 310 g/mol. The Hall–Kier alpha value is 0.250. The first-order valence-electron chi connectivity index (χ1n) is 5.54. The fourth-order valence-electron chi connectivity index (χ4n) is 1.57. The predicted octanol–water partition coefficient (Wildman–Crippen LogP) is 3.17. The van der Waals surface area contributed by atoms with Gasteiger partial charge in [0.2, 0.25) is 10.0 Å². The molecule has 104 valence electrons. The molecule has 1 rings (SSSR count). The summed E-state index contributed by atoms with van der Waals surface area (Å²) in [6.07, 6.45) is 2.88. The lowest BCUT2D eigenvalue weighted by atomic mass is 10.4. The van der Waals surface area contributed by atoms with Gasteiger partial charge in [-0.25, -0.2) is 12.7 Å². The number of thioether (sulfide) groups is 1. The Morgan fingerprint density at radius 3 is 2.67 bits per heavy atom. The molecule has 3 nitrogen and oxygen atoms in total. The number of hydrogen-bond acceptors (Lipinski definition) is 4. The fraction of sp³-hybridized carbons (Fsp3) is 0.636. The van der Waals surface area contributed by atoms with Crippen molar-refractivity contribution < 1.29 is 8.42 Å². The topological polar surface area (TPSA) is 37.4 Å². The number of aryl methyl sites for hydroxylation is 1. The van der Waals surface area contributed by atoms with Crippen LogP contribution in [0.3, 0.4) is 0 Å². The molecule has 1 aromatic rings. The summed E-state index contributed by atoms with van der Waals surface area (Å²) in [5, 5.41) is 0. The Kier molecular flexibility index (Phi) is 6.47. The average Bonchev–Trinajstić information content (AvgIpc) is 2.71. The minimum absolute atomic E-state index is 0.358. The lowest BCUT2D eigenvalue weighted by molar-refractivity contribution is 0.469. The SMILES string of the molecule is CSCCCN(C)S(=O)(=O)c1cc(CCl)sc1C. The quantitative estimate of drug-likeness (QED) is 0.570. The summed E-state index contributed by atoms with van der Waals surface area (Å²) in [6, 6.07) is 1.69. The molecule has 0 aliphatic carbocycles. The van der Waals surface area contributed by atoms with Crippen LogP contribution in [0, 0.1) is 6.92 Å². The highest BCUT2D eigenvalue weighted by atomic mass is 35.5. The van der Waals surface area contributed by atoms with E-state index in [-0.39, 0.29) is 0 Å². The fourth-order valence-corrected chi connectivity index (χ4v) is 4.88. The summed E-state index contributed by atoms with van der Waals surface area (Å²) >= 11 is 8.91. The first kappa shape index (κ1) is 16.3. The number of sulfonamides is 1. The second-order valence-electron chi connectivity index (χ2n) is 3.94. The first-order valence-corrected chi connectivity index (χ1v) is 9.72. The standard InChI is InChI=1S/C11H18ClNO2S3/c1-9-11(7-10(8-12)17-9)18(14,15)13(2)5-4-6-16-3/h7H,4-6,8H2,1-3H3. The van der Waals surface area contributed by atoms with E-state index in [2.05, 4.69) is 0 Å². The molecule has 1 aromatic heterocycles. The summed E-state index contributed by atoms with van der Waals surface area (Å²) in [4.78, 5) is 2.10. The van der Waals surface area contributed by atoms with Crippen LogP contribution in [0.4, 0.5) is 0 Å². The van der Waals surface area contributed by atoms with E-state index in [9.17, 15) is 8.42 Å². The van der Waals surface area contributed by atoms with Crippen LogP contribution in [0.2, 0.25) is 0 Å². The van der Waals surface area contributed by atoms with Crippen molar-refractivity contribution in [1.29, 1.82) is 0 Å². The van der Waals surface area contributed by atoms with E-state index < -0.39 is 10.0 Å². The Labute approximate surface area is 123 Å². The van der Waals surface area contributed by atoms with E-state index in [0.29, 0.717) is 17.3 Å². The van der Waals surface area contributed by atoms with Crippen molar-refractivity contribution in [3.63, 3.8) is 0 Å². The Bertz CT molecular complexity index is 484. The molecule has 0 unspecified atom stereocenters. The van der Waals surface area contributed by atoms with E-state index in [1.807, 2.05) is 13.2 Å².